The van der Waals surface area contributed by atoms with Gasteiger partial charge in [0.05, 0.1) is 17.9 Å². The van der Waals surface area contributed by atoms with E-state index in [1.807, 2.05) is 5.51 Å². The number of hydrogen-bond acceptors (Lipinski definition) is 3. The minimum atomic E-state index is 0.0418. The third kappa shape index (κ3) is 2.82. The fraction of sp³-hybridized carbons (Fsp3) is 0.778. The van der Waals surface area contributed by atoms with Gasteiger partial charge in [-0.15, -0.1) is 0 Å². The van der Waals surface area contributed by atoms with Crippen LogP contribution in [0.25, 0.3) is 0 Å². The summed E-state index contributed by atoms with van der Waals surface area (Å²) in [6, 6.07) is 0. The lowest BCUT2D eigenvalue weighted by Gasteiger charge is -2.56. The molecule has 1 heterocycles. The van der Waals surface area contributed by atoms with Crippen molar-refractivity contribution in [2.75, 3.05) is 6.61 Å². The van der Waals surface area contributed by atoms with Crippen LogP contribution in [0, 0.1) is 30.1 Å². The highest BCUT2D eigenvalue weighted by atomic mass is 32.1. The second-order valence-electron chi connectivity index (χ2n) is 7.99. The molecule has 4 bridgehead atoms. The van der Waals surface area contributed by atoms with Crippen LogP contribution in [0.15, 0.2) is 5.51 Å². The Hall–Kier alpha value is -0.900. The molecule has 1 aromatic rings. The van der Waals surface area contributed by atoms with Crippen LogP contribution in [-0.4, -0.2) is 12.6 Å². The van der Waals surface area contributed by atoms with Crippen LogP contribution in [0.2, 0.25) is 0 Å². The van der Waals surface area contributed by atoms with Crippen LogP contribution in [0.5, 0.6) is 0 Å². The van der Waals surface area contributed by atoms with Crippen LogP contribution in [0.3, 0.4) is 0 Å². The summed E-state index contributed by atoms with van der Waals surface area (Å²) < 4.78 is 5.56. The first-order chi connectivity index (χ1) is 10.6. The SMILES string of the molecule is Cc1[nH+]csc1CCOC(=O)CC12CC3CC(CC(C3)C1)C2. The van der Waals surface area contributed by atoms with Crippen molar-refractivity contribution in [3.8, 4) is 0 Å². The number of thiazole rings is 1. The van der Waals surface area contributed by atoms with E-state index in [0.717, 1.165) is 24.2 Å². The van der Waals surface area contributed by atoms with E-state index in [-0.39, 0.29) is 5.97 Å². The summed E-state index contributed by atoms with van der Waals surface area (Å²) in [5, 5.41) is 0. The lowest BCUT2D eigenvalue weighted by Crippen LogP contribution is -2.47. The molecule has 120 valence electrons. The molecule has 0 atom stereocenters. The zero-order valence-corrected chi connectivity index (χ0v) is 14.2. The Kier molecular flexibility index (Phi) is 3.75. The van der Waals surface area contributed by atoms with Crippen molar-refractivity contribution in [1.82, 2.24) is 0 Å². The molecule has 0 spiro atoms. The monoisotopic (exact) mass is 320 g/mol. The molecule has 22 heavy (non-hydrogen) atoms. The van der Waals surface area contributed by atoms with Crippen LogP contribution >= 0.6 is 11.3 Å². The van der Waals surface area contributed by atoms with Crippen molar-refractivity contribution in [2.45, 2.75) is 58.3 Å². The molecule has 4 aliphatic rings. The predicted octanol–water partition coefficient (Wildman–Crippen LogP) is 3.56. The molecule has 1 N–H and O–H groups in total. The van der Waals surface area contributed by atoms with Crippen molar-refractivity contribution in [3.63, 3.8) is 0 Å². The van der Waals surface area contributed by atoms with Crippen LogP contribution in [0.1, 0.15) is 55.5 Å². The number of hydrogen-bond donors (Lipinski definition) is 0. The number of H-pyrrole nitrogens is 1. The number of rotatable bonds is 5. The molecular formula is C18H26NO2S+. The molecule has 0 unspecified atom stereocenters. The molecule has 0 aromatic carbocycles. The van der Waals surface area contributed by atoms with Gasteiger partial charge in [0, 0.05) is 13.3 Å². The number of esters is 1. The highest BCUT2D eigenvalue weighted by Crippen LogP contribution is 2.61. The van der Waals surface area contributed by atoms with Crippen molar-refractivity contribution in [2.24, 2.45) is 23.2 Å². The third-order valence-corrected chi connectivity index (χ3v) is 7.20. The fourth-order valence-corrected chi connectivity index (χ4v) is 6.54. The molecule has 4 aliphatic carbocycles. The van der Waals surface area contributed by atoms with Gasteiger partial charge in [0.1, 0.15) is 0 Å². The molecule has 0 radical (unpaired) electrons. The maximum Gasteiger partial charge on any atom is 0.306 e. The number of aromatic nitrogens is 1. The largest absolute Gasteiger partial charge is 0.465 e. The van der Waals surface area contributed by atoms with E-state index in [9.17, 15) is 4.79 Å². The topological polar surface area (TPSA) is 40.4 Å². The van der Waals surface area contributed by atoms with Crippen LogP contribution in [0.4, 0.5) is 0 Å². The van der Waals surface area contributed by atoms with Crippen LogP contribution in [-0.2, 0) is 16.0 Å². The highest BCUT2D eigenvalue weighted by Gasteiger charge is 2.51. The number of aromatic amines is 1. The van der Waals surface area contributed by atoms with Crippen molar-refractivity contribution < 1.29 is 14.5 Å². The first-order valence-electron chi connectivity index (χ1n) is 8.72. The fourth-order valence-electron chi connectivity index (χ4n) is 5.73. The molecular weight excluding hydrogens is 294 g/mol. The molecule has 1 aromatic heterocycles. The van der Waals surface area contributed by atoms with Gasteiger partial charge in [-0.2, -0.15) is 0 Å². The quantitative estimate of drug-likeness (QED) is 0.778. The van der Waals surface area contributed by atoms with Gasteiger partial charge in [0.2, 0.25) is 5.51 Å². The minimum Gasteiger partial charge on any atom is -0.465 e. The van der Waals surface area contributed by atoms with Gasteiger partial charge in [-0.05, 0) is 61.7 Å². The van der Waals surface area contributed by atoms with Gasteiger partial charge in [-0.1, -0.05) is 11.3 Å². The van der Waals surface area contributed by atoms with Crippen molar-refractivity contribution >= 4 is 17.3 Å². The Labute approximate surface area is 136 Å². The van der Waals surface area contributed by atoms with Gasteiger partial charge < -0.3 is 4.74 Å². The first kappa shape index (κ1) is 14.7. The summed E-state index contributed by atoms with van der Waals surface area (Å²) >= 11 is 1.71. The summed E-state index contributed by atoms with van der Waals surface area (Å²) in [6.07, 6.45) is 9.67. The Morgan fingerprint density at radius 1 is 1.27 bits per heavy atom. The molecule has 5 rings (SSSR count). The standard InChI is InChI=1S/C18H25NO2S/c1-12-16(22-11-19-12)2-3-21-17(20)10-18-7-13-4-14(8-18)6-15(5-13)9-18/h11,13-15H,2-10H2,1H3/p+1. The predicted molar refractivity (Wildman–Crippen MR) is 85.5 cm³/mol. The molecule has 4 saturated carbocycles. The smallest absolute Gasteiger partial charge is 0.306 e. The normalized spacial score (nSPS) is 35.8. The van der Waals surface area contributed by atoms with Gasteiger partial charge in [0.15, 0.2) is 5.69 Å². The summed E-state index contributed by atoms with van der Waals surface area (Å²) in [5.74, 6) is 2.76. The first-order valence-corrected chi connectivity index (χ1v) is 9.60. The molecule has 4 fully saturated rings. The second kappa shape index (κ2) is 5.63. The maximum atomic E-state index is 12.3. The Balaban J connectivity index is 1.30. The van der Waals surface area contributed by atoms with Crippen molar-refractivity contribution in [1.29, 1.82) is 0 Å². The minimum absolute atomic E-state index is 0.0418. The van der Waals surface area contributed by atoms with E-state index >= 15 is 0 Å². The molecule has 0 aliphatic heterocycles. The van der Waals surface area contributed by atoms with E-state index in [1.54, 1.807) is 11.3 Å². The Morgan fingerprint density at radius 3 is 2.45 bits per heavy atom. The van der Waals surface area contributed by atoms with E-state index < -0.39 is 0 Å². The molecule has 3 nitrogen and oxygen atoms in total. The van der Waals surface area contributed by atoms with E-state index in [1.165, 1.54) is 49.1 Å². The zero-order valence-electron chi connectivity index (χ0n) is 13.4. The number of ether oxygens (including phenoxy) is 1. The lowest BCUT2D eigenvalue weighted by molar-refractivity contribution is -0.380. The third-order valence-electron chi connectivity index (χ3n) is 6.17. The zero-order chi connectivity index (χ0) is 15.2. The molecule has 0 amide bonds. The molecule has 4 heteroatoms. The maximum absolute atomic E-state index is 12.3. The summed E-state index contributed by atoms with van der Waals surface area (Å²) in [6.45, 7) is 2.60. The number of nitrogens with one attached hydrogen (secondary N) is 1. The van der Waals surface area contributed by atoms with E-state index in [4.69, 9.17) is 4.74 Å². The summed E-state index contributed by atoms with van der Waals surface area (Å²) in [7, 11) is 0. The number of carbonyl (C=O) groups excluding carboxylic acids is 1. The average molecular weight is 320 g/mol. The van der Waals surface area contributed by atoms with E-state index in [2.05, 4.69) is 11.9 Å². The highest BCUT2D eigenvalue weighted by molar-refractivity contribution is 7.09. The van der Waals surface area contributed by atoms with Gasteiger partial charge in [-0.25, -0.2) is 4.98 Å². The second-order valence-corrected chi connectivity index (χ2v) is 8.96. The lowest BCUT2D eigenvalue weighted by atomic mass is 9.49. The summed E-state index contributed by atoms with van der Waals surface area (Å²) in [4.78, 5) is 16.8. The number of carbonyl (C=O) groups is 1. The van der Waals surface area contributed by atoms with Crippen molar-refractivity contribution in [3.05, 3.63) is 16.1 Å². The average Bonchev–Trinajstić information content (AvgIpc) is 2.82. The van der Waals surface area contributed by atoms with Crippen LogP contribution < -0.4 is 4.98 Å². The summed E-state index contributed by atoms with van der Waals surface area (Å²) in [5.41, 5.74) is 3.49. The Morgan fingerprint density at radius 2 is 1.91 bits per heavy atom. The van der Waals surface area contributed by atoms with Gasteiger partial charge >= 0.3 is 5.97 Å². The van der Waals surface area contributed by atoms with Gasteiger partial charge in [-0.3, -0.25) is 4.79 Å². The van der Waals surface area contributed by atoms with E-state index in [0.29, 0.717) is 18.4 Å². The number of aryl methyl sites for hydroxylation is 1. The Bertz CT molecular complexity index is 530. The molecule has 0 saturated heterocycles. The van der Waals surface area contributed by atoms with Gasteiger partial charge in [0.25, 0.3) is 0 Å².